The van der Waals surface area contributed by atoms with Gasteiger partial charge in [-0.15, -0.1) is 0 Å². The van der Waals surface area contributed by atoms with Crippen LogP contribution in [-0.4, -0.2) is 44.8 Å². The second kappa shape index (κ2) is 4.88. The van der Waals surface area contributed by atoms with Gasteiger partial charge in [0.1, 0.15) is 5.75 Å². The maximum Gasteiger partial charge on any atom is 0.412 e. The van der Waals surface area contributed by atoms with E-state index in [1.807, 2.05) is 12.1 Å². The maximum atomic E-state index is 11.4. The number of carbonyl (C=O) groups is 1. The van der Waals surface area contributed by atoms with Crippen LogP contribution in [0.25, 0.3) is 0 Å². The number of hydrogen-bond donors (Lipinski definition) is 1. The molecular weight excluding hydrogens is 334 g/mol. The summed E-state index contributed by atoms with van der Waals surface area (Å²) in [5.41, 5.74) is 2.54. The summed E-state index contributed by atoms with van der Waals surface area (Å²) in [5, 5.41) is 2.47. The van der Waals surface area contributed by atoms with Crippen LogP contribution in [0.5, 0.6) is 5.75 Å². The highest BCUT2D eigenvalue weighted by molar-refractivity contribution is 9.10. The largest absolute Gasteiger partial charge is 0.412 e. The van der Waals surface area contributed by atoms with Crippen molar-refractivity contribution in [2.24, 2.45) is 0 Å². The molecule has 5 nitrogen and oxygen atoms in total. The molecule has 2 heterocycles. The Hall–Kier alpha value is -1.27. The Labute approximate surface area is 133 Å². The van der Waals surface area contributed by atoms with Crippen LogP contribution >= 0.6 is 15.9 Å². The molecule has 1 aromatic rings. The summed E-state index contributed by atoms with van der Waals surface area (Å²) in [5.74, 6) is 0.554. The first kappa shape index (κ1) is 14.7. The number of ether oxygens (including phenoxy) is 1. The molecule has 1 aromatic carbocycles. The lowest BCUT2D eigenvalue weighted by molar-refractivity contribution is 0.203. The molecule has 0 bridgehead atoms. The van der Waals surface area contributed by atoms with E-state index < -0.39 is 6.09 Å². The van der Waals surface area contributed by atoms with E-state index in [0.717, 1.165) is 23.1 Å². The molecule has 2 aliphatic rings. The van der Waals surface area contributed by atoms with Gasteiger partial charge in [-0.05, 0) is 25.1 Å². The minimum Gasteiger partial charge on any atom is -0.410 e. The van der Waals surface area contributed by atoms with Gasteiger partial charge in [0.15, 0.2) is 0 Å². The smallest absolute Gasteiger partial charge is 0.410 e. The molecule has 6 heteroatoms. The number of amides is 1. The quantitative estimate of drug-likeness (QED) is 0.842. The van der Waals surface area contributed by atoms with Crippen molar-refractivity contribution in [2.45, 2.75) is 24.9 Å². The highest BCUT2D eigenvalue weighted by Crippen LogP contribution is 2.54. The van der Waals surface area contributed by atoms with E-state index in [4.69, 9.17) is 4.74 Å². The van der Waals surface area contributed by atoms with Gasteiger partial charge in [0, 0.05) is 42.3 Å². The second-order valence-electron chi connectivity index (χ2n) is 6.07. The standard InChI is InChI=1S/C15H20BrN3O2/c1-15-5-6-18(3)13(15)19(4)11-8-9(21-14(20)17-2)7-10(16)12(11)15/h7-8,13H,5-6H2,1-4H3,(H,17,20)/t13-,15+/m0/s1. The zero-order chi connectivity index (χ0) is 15.4. The van der Waals surface area contributed by atoms with Gasteiger partial charge < -0.3 is 15.0 Å². The second-order valence-corrected chi connectivity index (χ2v) is 6.93. The Morgan fingerprint density at radius 3 is 2.86 bits per heavy atom. The number of nitrogens with one attached hydrogen (secondary N) is 1. The van der Waals surface area contributed by atoms with E-state index in [1.54, 1.807) is 7.05 Å². The van der Waals surface area contributed by atoms with Gasteiger partial charge >= 0.3 is 6.09 Å². The van der Waals surface area contributed by atoms with E-state index in [0.29, 0.717) is 11.9 Å². The molecule has 0 unspecified atom stereocenters. The van der Waals surface area contributed by atoms with E-state index >= 15 is 0 Å². The molecule has 1 saturated heterocycles. The first-order valence-electron chi connectivity index (χ1n) is 7.05. The Kier molecular flexibility index (Phi) is 3.41. The van der Waals surface area contributed by atoms with Crippen molar-refractivity contribution in [3.63, 3.8) is 0 Å². The lowest BCUT2D eigenvalue weighted by atomic mass is 9.81. The first-order valence-corrected chi connectivity index (χ1v) is 7.84. The normalized spacial score (nSPS) is 27.5. The number of halogens is 1. The van der Waals surface area contributed by atoms with Gasteiger partial charge in [0.25, 0.3) is 0 Å². The summed E-state index contributed by atoms with van der Waals surface area (Å²) in [7, 11) is 5.82. The monoisotopic (exact) mass is 353 g/mol. The van der Waals surface area contributed by atoms with E-state index in [1.165, 1.54) is 5.56 Å². The topological polar surface area (TPSA) is 44.8 Å². The minimum atomic E-state index is -0.453. The summed E-state index contributed by atoms with van der Waals surface area (Å²) < 4.78 is 6.29. The maximum absolute atomic E-state index is 11.4. The number of nitrogens with zero attached hydrogens (tertiary/aromatic N) is 2. The number of hydrogen-bond acceptors (Lipinski definition) is 4. The first-order chi connectivity index (χ1) is 9.88. The fraction of sp³-hybridized carbons (Fsp3) is 0.533. The number of rotatable bonds is 1. The number of carbonyl (C=O) groups excluding carboxylic acids is 1. The van der Waals surface area contributed by atoms with Crippen molar-refractivity contribution < 1.29 is 9.53 Å². The van der Waals surface area contributed by atoms with E-state index in [2.05, 4.69) is 52.1 Å². The number of likely N-dealkylation sites (N-methyl/N-ethyl adjacent to an activating group) is 2. The zero-order valence-electron chi connectivity index (χ0n) is 12.7. The molecule has 114 valence electrons. The third-order valence-electron chi connectivity index (χ3n) is 4.75. The van der Waals surface area contributed by atoms with Gasteiger partial charge in [-0.25, -0.2) is 4.79 Å². The van der Waals surface area contributed by atoms with Crippen molar-refractivity contribution in [3.8, 4) is 5.75 Å². The fourth-order valence-corrected chi connectivity index (χ4v) is 4.77. The molecular formula is C15H20BrN3O2. The number of anilines is 1. The third kappa shape index (κ3) is 2.04. The number of fused-ring (bicyclic) bond motifs is 3. The van der Waals surface area contributed by atoms with E-state index in [9.17, 15) is 4.79 Å². The summed E-state index contributed by atoms with van der Waals surface area (Å²) in [6.45, 7) is 3.40. The van der Waals surface area contributed by atoms with Gasteiger partial charge in [-0.1, -0.05) is 22.9 Å². The Morgan fingerprint density at radius 2 is 2.19 bits per heavy atom. The van der Waals surface area contributed by atoms with Crippen molar-refractivity contribution in [1.82, 2.24) is 10.2 Å². The van der Waals surface area contributed by atoms with Crippen LogP contribution in [0.1, 0.15) is 18.9 Å². The molecule has 0 spiro atoms. The van der Waals surface area contributed by atoms with Crippen LogP contribution in [0.2, 0.25) is 0 Å². The van der Waals surface area contributed by atoms with Crippen molar-refractivity contribution in [3.05, 3.63) is 22.2 Å². The molecule has 1 fully saturated rings. The van der Waals surface area contributed by atoms with Crippen LogP contribution in [0.3, 0.4) is 0 Å². The van der Waals surface area contributed by atoms with Crippen molar-refractivity contribution >= 4 is 27.7 Å². The average Bonchev–Trinajstić information content (AvgIpc) is 2.84. The summed E-state index contributed by atoms with van der Waals surface area (Å²) >= 11 is 3.67. The fourth-order valence-electron chi connectivity index (χ4n) is 3.88. The predicted octanol–water partition coefficient (Wildman–Crippen LogP) is 2.54. The number of benzene rings is 1. The summed E-state index contributed by atoms with van der Waals surface area (Å²) in [6, 6.07) is 3.83. The predicted molar refractivity (Wildman–Crippen MR) is 86.0 cm³/mol. The molecule has 0 radical (unpaired) electrons. The highest BCUT2D eigenvalue weighted by Gasteiger charge is 2.53. The molecule has 0 saturated carbocycles. The van der Waals surface area contributed by atoms with Gasteiger partial charge in [-0.3, -0.25) is 4.90 Å². The zero-order valence-corrected chi connectivity index (χ0v) is 14.3. The molecule has 0 aliphatic carbocycles. The van der Waals surface area contributed by atoms with Gasteiger partial charge in [-0.2, -0.15) is 0 Å². The van der Waals surface area contributed by atoms with Crippen LogP contribution in [0.4, 0.5) is 10.5 Å². The Morgan fingerprint density at radius 1 is 1.48 bits per heavy atom. The molecule has 0 aromatic heterocycles. The lowest BCUT2D eigenvalue weighted by Crippen LogP contribution is -2.45. The third-order valence-corrected chi connectivity index (χ3v) is 5.37. The minimum absolute atomic E-state index is 0.100. The SMILES string of the molecule is CNC(=O)Oc1cc(Br)c2c(c1)N(C)[C@@H]1N(C)CC[C@]21C. The van der Waals surface area contributed by atoms with Crippen LogP contribution in [-0.2, 0) is 5.41 Å². The van der Waals surface area contributed by atoms with Gasteiger partial charge in [0.2, 0.25) is 0 Å². The number of likely N-dealkylation sites (tertiary alicyclic amines) is 1. The molecule has 1 amide bonds. The lowest BCUT2D eigenvalue weighted by Gasteiger charge is -2.32. The molecule has 2 aliphatic heterocycles. The van der Waals surface area contributed by atoms with Crippen LogP contribution < -0.4 is 15.0 Å². The molecule has 21 heavy (non-hydrogen) atoms. The van der Waals surface area contributed by atoms with Crippen molar-refractivity contribution in [1.29, 1.82) is 0 Å². The van der Waals surface area contributed by atoms with Crippen LogP contribution in [0.15, 0.2) is 16.6 Å². The highest BCUT2D eigenvalue weighted by atomic mass is 79.9. The van der Waals surface area contributed by atoms with Crippen LogP contribution in [0, 0.1) is 0 Å². The summed E-state index contributed by atoms with van der Waals surface area (Å²) in [4.78, 5) is 16.1. The summed E-state index contributed by atoms with van der Waals surface area (Å²) in [6.07, 6.45) is 1.02. The van der Waals surface area contributed by atoms with E-state index in [-0.39, 0.29) is 5.41 Å². The molecule has 1 N–H and O–H groups in total. The molecule has 3 rings (SSSR count). The average molecular weight is 354 g/mol. The molecule has 2 atom stereocenters. The Balaban J connectivity index is 2.07. The van der Waals surface area contributed by atoms with Crippen molar-refractivity contribution in [2.75, 3.05) is 32.6 Å². The Bertz CT molecular complexity index is 607. The van der Waals surface area contributed by atoms with Gasteiger partial charge in [0.05, 0.1) is 6.17 Å².